The van der Waals surface area contributed by atoms with Gasteiger partial charge in [-0.25, -0.2) is 0 Å². The molecule has 7 nitrogen and oxygen atoms in total. The van der Waals surface area contributed by atoms with Crippen LogP contribution in [0.15, 0.2) is 24.3 Å². The molecule has 0 radical (unpaired) electrons. The normalized spacial score (nSPS) is 10.2. The molecule has 0 unspecified atom stereocenters. The molecule has 0 saturated heterocycles. The molecule has 0 aliphatic carbocycles. The van der Waals surface area contributed by atoms with Crippen LogP contribution in [0.5, 0.6) is 0 Å². The van der Waals surface area contributed by atoms with Gasteiger partial charge in [-0.3, -0.25) is 14.9 Å². The van der Waals surface area contributed by atoms with Gasteiger partial charge in [-0.15, -0.1) is 0 Å². The first kappa shape index (κ1) is 12.0. The minimum atomic E-state index is -0.697. The van der Waals surface area contributed by atoms with E-state index in [0.29, 0.717) is 10.4 Å². The monoisotopic (exact) mass is 264 g/mol. The molecule has 0 saturated carbocycles. The number of aromatic nitrogens is 1. The summed E-state index contributed by atoms with van der Waals surface area (Å²) in [6.45, 7) is 0. The SMILES string of the molecule is NC(=O)c1nsc(-c2ccc([N+](=O)[O-])cc2)c1N. The largest absolute Gasteiger partial charge is 0.396 e. The molecule has 1 aromatic carbocycles. The lowest BCUT2D eigenvalue weighted by atomic mass is 10.1. The van der Waals surface area contributed by atoms with E-state index >= 15 is 0 Å². The summed E-state index contributed by atoms with van der Waals surface area (Å²) in [4.78, 5) is 21.6. The minimum Gasteiger partial charge on any atom is -0.396 e. The average molecular weight is 264 g/mol. The molecule has 1 amide bonds. The van der Waals surface area contributed by atoms with Crippen LogP contribution in [-0.2, 0) is 0 Å². The predicted octanol–water partition coefficient (Wildman–Crippen LogP) is 1.40. The lowest BCUT2D eigenvalue weighted by Crippen LogP contribution is -2.13. The number of nitrogens with zero attached hydrogens (tertiary/aromatic N) is 2. The molecule has 1 aromatic heterocycles. The van der Waals surface area contributed by atoms with Crippen LogP contribution >= 0.6 is 11.5 Å². The van der Waals surface area contributed by atoms with Gasteiger partial charge < -0.3 is 11.5 Å². The van der Waals surface area contributed by atoms with Crippen LogP contribution in [0.25, 0.3) is 10.4 Å². The quantitative estimate of drug-likeness (QED) is 0.640. The van der Waals surface area contributed by atoms with Crippen LogP contribution in [0.3, 0.4) is 0 Å². The Kier molecular flexibility index (Phi) is 2.94. The minimum absolute atomic E-state index is 0.0167. The van der Waals surface area contributed by atoms with E-state index in [1.165, 1.54) is 12.1 Å². The molecular weight excluding hydrogens is 256 g/mol. The van der Waals surface area contributed by atoms with Gasteiger partial charge in [0.15, 0.2) is 5.69 Å². The van der Waals surface area contributed by atoms with Crippen LogP contribution in [0, 0.1) is 10.1 Å². The Labute approximate surface area is 105 Å². The molecule has 0 aliphatic rings. The summed E-state index contributed by atoms with van der Waals surface area (Å²) in [5, 5.41) is 10.5. The summed E-state index contributed by atoms with van der Waals surface area (Å²) in [5.74, 6) is -0.697. The summed E-state index contributed by atoms with van der Waals surface area (Å²) in [5.41, 5.74) is 11.7. The first-order valence-corrected chi connectivity index (χ1v) is 5.58. The Hall–Kier alpha value is -2.48. The van der Waals surface area contributed by atoms with Crippen LogP contribution < -0.4 is 11.5 Å². The number of anilines is 1. The number of hydrogen-bond acceptors (Lipinski definition) is 6. The standard InChI is InChI=1S/C10H8N4O3S/c11-7-8(10(12)15)13-18-9(7)5-1-3-6(4-2-5)14(16)17/h1-4H,11H2,(H2,12,15). The number of non-ortho nitro benzene ring substituents is 1. The molecule has 8 heteroatoms. The highest BCUT2D eigenvalue weighted by molar-refractivity contribution is 7.10. The van der Waals surface area contributed by atoms with Crippen molar-refractivity contribution < 1.29 is 9.72 Å². The molecule has 0 atom stereocenters. The number of amides is 1. The van der Waals surface area contributed by atoms with E-state index in [4.69, 9.17) is 11.5 Å². The Morgan fingerprint density at radius 3 is 2.39 bits per heavy atom. The third-order valence-electron chi connectivity index (χ3n) is 2.30. The topological polar surface area (TPSA) is 125 Å². The average Bonchev–Trinajstić information content (AvgIpc) is 2.71. The van der Waals surface area contributed by atoms with Crippen LogP contribution in [0.2, 0.25) is 0 Å². The molecule has 0 spiro atoms. The fraction of sp³-hybridized carbons (Fsp3) is 0. The highest BCUT2D eigenvalue weighted by Gasteiger charge is 2.16. The van der Waals surface area contributed by atoms with E-state index in [2.05, 4.69) is 4.37 Å². The summed E-state index contributed by atoms with van der Waals surface area (Å²) in [6, 6.07) is 5.82. The molecular formula is C10H8N4O3S. The Balaban J connectivity index is 2.43. The van der Waals surface area contributed by atoms with Gasteiger partial charge in [-0.1, -0.05) is 0 Å². The van der Waals surface area contributed by atoms with Crippen molar-refractivity contribution in [3.05, 3.63) is 40.1 Å². The van der Waals surface area contributed by atoms with E-state index in [0.717, 1.165) is 11.5 Å². The molecule has 0 fully saturated rings. The second kappa shape index (κ2) is 4.41. The predicted molar refractivity (Wildman–Crippen MR) is 67.1 cm³/mol. The number of nitro groups is 1. The van der Waals surface area contributed by atoms with Crippen molar-refractivity contribution >= 4 is 28.8 Å². The summed E-state index contributed by atoms with van der Waals surface area (Å²) in [7, 11) is 0. The van der Waals surface area contributed by atoms with Crippen molar-refractivity contribution in [2.45, 2.75) is 0 Å². The van der Waals surface area contributed by atoms with Gasteiger partial charge >= 0.3 is 0 Å². The number of nitro benzene ring substituents is 1. The van der Waals surface area contributed by atoms with Crippen LogP contribution in [-0.4, -0.2) is 15.2 Å². The van der Waals surface area contributed by atoms with E-state index < -0.39 is 10.8 Å². The smallest absolute Gasteiger partial charge is 0.270 e. The number of benzene rings is 1. The molecule has 4 N–H and O–H groups in total. The molecule has 1 heterocycles. The highest BCUT2D eigenvalue weighted by atomic mass is 32.1. The van der Waals surface area contributed by atoms with Crippen molar-refractivity contribution in [3.63, 3.8) is 0 Å². The van der Waals surface area contributed by atoms with Gasteiger partial charge in [-0.05, 0) is 29.2 Å². The van der Waals surface area contributed by atoms with Crippen molar-refractivity contribution in [2.24, 2.45) is 5.73 Å². The number of rotatable bonds is 3. The van der Waals surface area contributed by atoms with Gasteiger partial charge in [0.1, 0.15) is 0 Å². The molecule has 18 heavy (non-hydrogen) atoms. The third kappa shape index (κ3) is 2.00. The van der Waals surface area contributed by atoms with E-state index in [1.54, 1.807) is 12.1 Å². The van der Waals surface area contributed by atoms with Crippen LogP contribution in [0.1, 0.15) is 10.5 Å². The maximum atomic E-state index is 11.0. The summed E-state index contributed by atoms with van der Waals surface area (Å²) >= 11 is 1.03. The zero-order chi connectivity index (χ0) is 13.3. The fourth-order valence-corrected chi connectivity index (χ4v) is 2.23. The molecule has 2 aromatic rings. The van der Waals surface area contributed by atoms with Crippen molar-refractivity contribution in [1.29, 1.82) is 0 Å². The second-order valence-corrected chi connectivity index (χ2v) is 4.22. The zero-order valence-electron chi connectivity index (χ0n) is 8.99. The maximum Gasteiger partial charge on any atom is 0.270 e. The van der Waals surface area contributed by atoms with Gasteiger partial charge in [-0.2, -0.15) is 4.37 Å². The van der Waals surface area contributed by atoms with Gasteiger partial charge in [0.2, 0.25) is 0 Å². The summed E-state index contributed by atoms with van der Waals surface area (Å²) in [6.07, 6.45) is 0. The second-order valence-electron chi connectivity index (χ2n) is 3.44. The Bertz CT molecular complexity index is 621. The van der Waals surface area contributed by atoms with Gasteiger partial charge in [0.05, 0.1) is 15.5 Å². The van der Waals surface area contributed by atoms with E-state index in [9.17, 15) is 14.9 Å². The lowest BCUT2D eigenvalue weighted by Gasteiger charge is -1.99. The number of hydrogen-bond donors (Lipinski definition) is 2. The lowest BCUT2D eigenvalue weighted by molar-refractivity contribution is -0.384. The number of nitrogen functional groups attached to an aromatic ring is 1. The van der Waals surface area contributed by atoms with Crippen molar-refractivity contribution in [3.8, 4) is 10.4 Å². The zero-order valence-corrected chi connectivity index (χ0v) is 9.81. The number of carbonyl (C=O) groups excluding carboxylic acids is 1. The molecule has 0 aliphatic heterocycles. The van der Waals surface area contributed by atoms with Gasteiger partial charge in [0.25, 0.3) is 11.6 Å². The fourth-order valence-electron chi connectivity index (χ4n) is 1.42. The Morgan fingerprint density at radius 1 is 1.33 bits per heavy atom. The first-order chi connectivity index (χ1) is 8.50. The summed E-state index contributed by atoms with van der Waals surface area (Å²) < 4.78 is 3.86. The number of primary amides is 1. The van der Waals surface area contributed by atoms with E-state index in [-0.39, 0.29) is 17.1 Å². The molecule has 0 bridgehead atoms. The van der Waals surface area contributed by atoms with Gasteiger partial charge in [0, 0.05) is 12.1 Å². The number of nitrogens with two attached hydrogens (primary N) is 2. The molecule has 92 valence electrons. The number of carbonyl (C=O) groups is 1. The van der Waals surface area contributed by atoms with Crippen LogP contribution in [0.4, 0.5) is 11.4 Å². The molecule has 2 rings (SSSR count). The first-order valence-electron chi connectivity index (χ1n) is 4.80. The highest BCUT2D eigenvalue weighted by Crippen LogP contribution is 2.33. The van der Waals surface area contributed by atoms with Crippen molar-refractivity contribution in [2.75, 3.05) is 5.73 Å². The third-order valence-corrected chi connectivity index (χ3v) is 3.21. The van der Waals surface area contributed by atoms with Crippen molar-refractivity contribution in [1.82, 2.24) is 4.37 Å². The Morgan fingerprint density at radius 2 is 1.94 bits per heavy atom. The maximum absolute atomic E-state index is 11.0. The van der Waals surface area contributed by atoms with E-state index in [1.807, 2.05) is 0 Å².